The highest BCUT2D eigenvalue weighted by Crippen LogP contribution is 2.26. The van der Waals surface area contributed by atoms with Crippen molar-refractivity contribution in [1.82, 2.24) is 9.97 Å². The van der Waals surface area contributed by atoms with Crippen molar-refractivity contribution in [1.29, 1.82) is 0 Å². The van der Waals surface area contributed by atoms with Gasteiger partial charge in [0.15, 0.2) is 0 Å². The molecule has 0 atom stereocenters. The Balaban J connectivity index is 1.90. The monoisotopic (exact) mass is 274 g/mol. The molecule has 0 aliphatic heterocycles. The van der Waals surface area contributed by atoms with Gasteiger partial charge in [0.05, 0.1) is 5.39 Å². The molecule has 0 aliphatic carbocycles. The molecule has 0 bridgehead atoms. The zero-order chi connectivity index (χ0) is 13.2. The molecule has 2 heterocycles. The first-order valence-corrected chi connectivity index (χ1v) is 6.60. The van der Waals surface area contributed by atoms with Crippen LogP contribution in [0.3, 0.4) is 0 Å². The minimum atomic E-state index is -0.237. The van der Waals surface area contributed by atoms with Gasteiger partial charge < -0.3 is 11.1 Å². The summed E-state index contributed by atoms with van der Waals surface area (Å²) in [5, 5.41) is 5.93. The molecule has 3 aromatic rings. The van der Waals surface area contributed by atoms with Crippen LogP contribution in [0.25, 0.3) is 10.2 Å². The summed E-state index contributed by atoms with van der Waals surface area (Å²) < 4.78 is 13.5. The third kappa shape index (κ3) is 2.34. The number of benzene rings is 1. The highest BCUT2D eigenvalue weighted by Gasteiger charge is 2.08. The molecule has 0 unspecified atom stereocenters. The summed E-state index contributed by atoms with van der Waals surface area (Å²) in [6.45, 7) is 0.355. The van der Waals surface area contributed by atoms with E-state index in [9.17, 15) is 4.39 Å². The van der Waals surface area contributed by atoms with Crippen molar-refractivity contribution in [3.8, 4) is 0 Å². The minimum absolute atomic E-state index is 0.214. The SMILES string of the molecule is Nc1nc(NCc2ccccc2F)c2ccsc2n1. The van der Waals surface area contributed by atoms with Crippen molar-refractivity contribution < 1.29 is 4.39 Å². The number of thiophene rings is 1. The van der Waals surface area contributed by atoms with Crippen molar-refractivity contribution >= 4 is 33.3 Å². The molecule has 2 aromatic heterocycles. The zero-order valence-electron chi connectivity index (χ0n) is 9.93. The number of anilines is 2. The van der Waals surface area contributed by atoms with E-state index in [0.29, 0.717) is 17.9 Å². The van der Waals surface area contributed by atoms with Crippen LogP contribution in [0.1, 0.15) is 5.56 Å². The van der Waals surface area contributed by atoms with E-state index in [-0.39, 0.29) is 11.8 Å². The second-order valence-electron chi connectivity index (χ2n) is 4.01. The van der Waals surface area contributed by atoms with E-state index in [4.69, 9.17) is 5.73 Å². The Bertz CT molecular complexity index is 725. The number of nitrogens with zero attached hydrogens (tertiary/aromatic N) is 2. The first kappa shape index (κ1) is 11.9. The first-order valence-electron chi connectivity index (χ1n) is 5.72. The average molecular weight is 274 g/mol. The molecule has 6 heteroatoms. The highest BCUT2D eigenvalue weighted by atomic mass is 32.1. The molecule has 19 heavy (non-hydrogen) atoms. The van der Waals surface area contributed by atoms with Crippen LogP contribution >= 0.6 is 11.3 Å². The standard InChI is InChI=1S/C13H11FN4S/c14-10-4-2-1-3-8(10)7-16-11-9-5-6-19-12(9)18-13(15)17-11/h1-6H,7H2,(H3,15,16,17,18). The maximum atomic E-state index is 13.5. The Morgan fingerprint density at radius 3 is 2.89 bits per heavy atom. The number of nitrogens with one attached hydrogen (secondary N) is 1. The highest BCUT2D eigenvalue weighted by molar-refractivity contribution is 7.16. The van der Waals surface area contributed by atoms with Crippen LogP contribution in [-0.2, 0) is 6.54 Å². The van der Waals surface area contributed by atoms with E-state index < -0.39 is 0 Å². The third-order valence-corrected chi connectivity index (χ3v) is 3.55. The summed E-state index contributed by atoms with van der Waals surface area (Å²) in [5.41, 5.74) is 6.24. The Morgan fingerprint density at radius 2 is 2.05 bits per heavy atom. The molecule has 1 aromatic carbocycles. The average Bonchev–Trinajstić information content (AvgIpc) is 2.85. The summed E-state index contributed by atoms with van der Waals surface area (Å²) in [5.74, 6) is 0.608. The van der Waals surface area contributed by atoms with Crippen LogP contribution in [-0.4, -0.2) is 9.97 Å². The van der Waals surface area contributed by atoms with Gasteiger partial charge in [0.2, 0.25) is 5.95 Å². The molecule has 0 amide bonds. The van der Waals surface area contributed by atoms with E-state index in [2.05, 4.69) is 15.3 Å². The molecule has 0 saturated carbocycles. The summed E-state index contributed by atoms with van der Waals surface area (Å²) in [6, 6.07) is 8.56. The Hall–Kier alpha value is -2.21. The van der Waals surface area contributed by atoms with Gasteiger partial charge in [-0.05, 0) is 17.5 Å². The topological polar surface area (TPSA) is 63.8 Å². The number of fused-ring (bicyclic) bond motifs is 1. The lowest BCUT2D eigenvalue weighted by Crippen LogP contribution is -2.05. The van der Waals surface area contributed by atoms with E-state index >= 15 is 0 Å². The molecule has 4 nitrogen and oxygen atoms in total. The van der Waals surface area contributed by atoms with Crippen LogP contribution < -0.4 is 11.1 Å². The lowest BCUT2D eigenvalue weighted by atomic mass is 10.2. The normalized spacial score (nSPS) is 10.8. The van der Waals surface area contributed by atoms with Gasteiger partial charge in [-0.3, -0.25) is 0 Å². The number of hydrogen-bond acceptors (Lipinski definition) is 5. The molecule has 3 rings (SSSR count). The largest absolute Gasteiger partial charge is 0.368 e. The van der Waals surface area contributed by atoms with E-state index in [0.717, 1.165) is 10.2 Å². The third-order valence-electron chi connectivity index (χ3n) is 2.75. The number of nitrogens with two attached hydrogens (primary N) is 1. The predicted molar refractivity (Wildman–Crippen MR) is 75.6 cm³/mol. The second kappa shape index (κ2) is 4.81. The van der Waals surface area contributed by atoms with Crippen LogP contribution in [0.15, 0.2) is 35.7 Å². The summed E-state index contributed by atoms with van der Waals surface area (Å²) in [4.78, 5) is 9.12. The Morgan fingerprint density at radius 1 is 1.21 bits per heavy atom. The van der Waals surface area contributed by atoms with Gasteiger partial charge >= 0.3 is 0 Å². The molecule has 0 saturated heterocycles. The van der Waals surface area contributed by atoms with Gasteiger partial charge in [0, 0.05) is 12.1 Å². The molecule has 0 spiro atoms. The second-order valence-corrected chi connectivity index (χ2v) is 4.91. The molecule has 96 valence electrons. The number of aromatic nitrogens is 2. The zero-order valence-corrected chi connectivity index (χ0v) is 10.7. The van der Waals surface area contributed by atoms with Gasteiger partial charge in [0.1, 0.15) is 16.5 Å². The summed E-state index contributed by atoms with van der Waals surface area (Å²) >= 11 is 1.50. The number of nitrogen functional groups attached to an aromatic ring is 1. The lowest BCUT2D eigenvalue weighted by molar-refractivity contribution is 0.613. The Kier molecular flexibility index (Phi) is 3.00. The summed E-state index contributed by atoms with van der Waals surface area (Å²) in [6.07, 6.45) is 0. The van der Waals surface area contributed by atoms with Crippen LogP contribution in [0.2, 0.25) is 0 Å². The van der Waals surface area contributed by atoms with E-state index in [1.807, 2.05) is 11.4 Å². The number of halogens is 1. The van der Waals surface area contributed by atoms with Gasteiger partial charge in [-0.1, -0.05) is 18.2 Å². The molecule has 0 fully saturated rings. The fourth-order valence-corrected chi connectivity index (χ4v) is 2.60. The van der Waals surface area contributed by atoms with Crippen LogP contribution in [0.5, 0.6) is 0 Å². The van der Waals surface area contributed by atoms with Crippen LogP contribution in [0, 0.1) is 5.82 Å². The number of hydrogen-bond donors (Lipinski definition) is 2. The Labute approximate surface area is 113 Å². The lowest BCUT2D eigenvalue weighted by Gasteiger charge is -2.08. The van der Waals surface area contributed by atoms with Crippen molar-refractivity contribution in [3.05, 3.63) is 47.1 Å². The van der Waals surface area contributed by atoms with Gasteiger partial charge in [-0.2, -0.15) is 4.98 Å². The van der Waals surface area contributed by atoms with Gasteiger partial charge in [0.25, 0.3) is 0 Å². The molecule has 0 radical (unpaired) electrons. The molecule has 0 aliphatic rings. The predicted octanol–water partition coefficient (Wildman–Crippen LogP) is 3.02. The van der Waals surface area contributed by atoms with E-state index in [1.165, 1.54) is 17.4 Å². The van der Waals surface area contributed by atoms with Gasteiger partial charge in [-0.25, -0.2) is 9.37 Å². The summed E-state index contributed by atoms with van der Waals surface area (Å²) in [7, 11) is 0. The van der Waals surface area contributed by atoms with Crippen LogP contribution in [0.4, 0.5) is 16.2 Å². The van der Waals surface area contributed by atoms with Crippen molar-refractivity contribution in [2.45, 2.75) is 6.54 Å². The van der Waals surface area contributed by atoms with E-state index in [1.54, 1.807) is 18.2 Å². The van der Waals surface area contributed by atoms with Crippen molar-refractivity contribution in [2.24, 2.45) is 0 Å². The maximum Gasteiger partial charge on any atom is 0.223 e. The number of rotatable bonds is 3. The fourth-order valence-electron chi connectivity index (χ4n) is 1.83. The maximum absolute atomic E-state index is 13.5. The molecule has 3 N–H and O–H groups in total. The minimum Gasteiger partial charge on any atom is -0.368 e. The van der Waals surface area contributed by atoms with Crippen molar-refractivity contribution in [2.75, 3.05) is 11.1 Å². The quantitative estimate of drug-likeness (QED) is 0.770. The first-order chi connectivity index (χ1) is 9.24. The fraction of sp³-hybridized carbons (Fsp3) is 0.0769. The molecular weight excluding hydrogens is 263 g/mol. The van der Waals surface area contributed by atoms with Gasteiger partial charge in [-0.15, -0.1) is 11.3 Å². The molecular formula is C13H11FN4S. The van der Waals surface area contributed by atoms with Crippen molar-refractivity contribution in [3.63, 3.8) is 0 Å². The smallest absolute Gasteiger partial charge is 0.223 e.